The fourth-order valence-electron chi connectivity index (χ4n) is 2.60. The van der Waals surface area contributed by atoms with Gasteiger partial charge in [-0.05, 0) is 48.9 Å². The summed E-state index contributed by atoms with van der Waals surface area (Å²) >= 11 is 4.98. The number of amides is 1. The number of carbonyl (C=O) groups excluding carboxylic acids is 1. The molecule has 4 nitrogen and oxygen atoms in total. The molecule has 1 aromatic heterocycles. The van der Waals surface area contributed by atoms with E-state index in [1.54, 1.807) is 12.1 Å². The Morgan fingerprint density at radius 2 is 1.96 bits per heavy atom. The Kier molecular flexibility index (Phi) is 6.27. The lowest BCUT2D eigenvalue weighted by molar-refractivity contribution is 0.0998. The molecule has 1 amide bonds. The highest BCUT2D eigenvalue weighted by molar-refractivity contribution is 9.10. The number of carbonyl (C=O) groups is 1. The number of fused-ring (bicyclic) bond motifs is 1. The highest BCUT2D eigenvalue weighted by Crippen LogP contribution is 2.21. The number of aromatic nitrogens is 1. The first-order valence-corrected chi connectivity index (χ1v) is 10.3. The molecule has 0 aliphatic heterocycles. The molecule has 1 heterocycles. The van der Waals surface area contributed by atoms with Gasteiger partial charge in [-0.1, -0.05) is 47.0 Å². The lowest BCUT2D eigenvalue weighted by Gasteiger charge is -2.05. The maximum Gasteiger partial charge on any atom is 0.279 e. The second-order valence-corrected chi connectivity index (χ2v) is 7.98. The van der Waals surface area contributed by atoms with E-state index in [1.165, 1.54) is 17.8 Å². The van der Waals surface area contributed by atoms with Crippen molar-refractivity contribution in [2.24, 2.45) is 12.0 Å². The van der Waals surface area contributed by atoms with Crippen molar-refractivity contribution in [3.05, 3.63) is 57.3 Å². The minimum atomic E-state index is -0.247. The highest BCUT2D eigenvalue weighted by atomic mass is 79.9. The van der Waals surface area contributed by atoms with Crippen LogP contribution < -0.4 is 9.54 Å². The molecule has 3 aromatic rings. The van der Waals surface area contributed by atoms with Crippen LogP contribution in [0.25, 0.3) is 10.2 Å². The zero-order chi connectivity index (χ0) is 18.5. The van der Waals surface area contributed by atoms with Gasteiger partial charge in [-0.3, -0.25) is 4.79 Å². The largest absolute Gasteiger partial charge is 0.494 e. The van der Waals surface area contributed by atoms with Crippen LogP contribution >= 0.6 is 27.3 Å². The van der Waals surface area contributed by atoms with Crippen molar-refractivity contribution in [3.63, 3.8) is 0 Å². The minimum Gasteiger partial charge on any atom is -0.494 e. The first-order valence-electron chi connectivity index (χ1n) is 8.65. The predicted molar refractivity (Wildman–Crippen MR) is 110 cm³/mol. The van der Waals surface area contributed by atoms with Gasteiger partial charge in [-0.15, -0.1) is 0 Å². The van der Waals surface area contributed by atoms with E-state index in [9.17, 15) is 4.79 Å². The molecular formula is C20H21BrN2O2S. The second-order valence-electron chi connectivity index (χ2n) is 6.05. The summed E-state index contributed by atoms with van der Waals surface area (Å²) in [6, 6.07) is 13.2. The van der Waals surface area contributed by atoms with E-state index in [-0.39, 0.29) is 5.91 Å². The first-order chi connectivity index (χ1) is 12.6. The first kappa shape index (κ1) is 18.9. The zero-order valence-corrected chi connectivity index (χ0v) is 17.3. The predicted octanol–water partition coefficient (Wildman–Crippen LogP) is 5.31. The summed E-state index contributed by atoms with van der Waals surface area (Å²) in [5, 5.41) is 0. The van der Waals surface area contributed by atoms with Crippen LogP contribution in [0.3, 0.4) is 0 Å². The lowest BCUT2D eigenvalue weighted by Crippen LogP contribution is -2.13. The molecule has 0 aliphatic rings. The Hall–Kier alpha value is -1.92. The lowest BCUT2D eigenvalue weighted by atomic mass is 10.2. The molecule has 26 heavy (non-hydrogen) atoms. The van der Waals surface area contributed by atoms with Gasteiger partial charge in [-0.2, -0.15) is 4.99 Å². The van der Waals surface area contributed by atoms with Crippen molar-refractivity contribution in [2.75, 3.05) is 6.61 Å². The van der Waals surface area contributed by atoms with Gasteiger partial charge >= 0.3 is 0 Å². The van der Waals surface area contributed by atoms with Crippen LogP contribution in [0, 0.1) is 0 Å². The summed E-state index contributed by atoms with van der Waals surface area (Å²) in [4.78, 5) is 17.5. The van der Waals surface area contributed by atoms with E-state index in [1.807, 2.05) is 41.9 Å². The Labute approximate surface area is 165 Å². The topological polar surface area (TPSA) is 43.6 Å². The van der Waals surface area contributed by atoms with Gasteiger partial charge < -0.3 is 9.30 Å². The molecule has 0 spiro atoms. The van der Waals surface area contributed by atoms with Crippen LogP contribution in [0.5, 0.6) is 5.75 Å². The quantitative estimate of drug-likeness (QED) is 0.495. The summed E-state index contributed by atoms with van der Waals surface area (Å²) in [5.41, 5.74) is 1.62. The summed E-state index contributed by atoms with van der Waals surface area (Å²) < 4.78 is 9.72. The average molecular weight is 433 g/mol. The van der Waals surface area contributed by atoms with Gasteiger partial charge in [0.2, 0.25) is 0 Å². The third-order valence-corrected chi connectivity index (χ3v) is 5.67. The minimum absolute atomic E-state index is 0.247. The van der Waals surface area contributed by atoms with Gasteiger partial charge in [-0.25, -0.2) is 0 Å². The summed E-state index contributed by atoms with van der Waals surface area (Å²) in [7, 11) is 1.92. The zero-order valence-electron chi connectivity index (χ0n) is 14.9. The molecule has 2 aromatic carbocycles. The Bertz CT molecular complexity index is 974. The van der Waals surface area contributed by atoms with Crippen molar-refractivity contribution < 1.29 is 9.53 Å². The number of ether oxygens (including phenoxy) is 1. The summed E-state index contributed by atoms with van der Waals surface area (Å²) in [6.45, 7) is 2.87. The van der Waals surface area contributed by atoms with Crippen LogP contribution in [0.1, 0.15) is 36.5 Å². The molecule has 0 aliphatic carbocycles. The molecule has 0 atom stereocenters. The fourth-order valence-corrected chi connectivity index (χ4v) is 4.17. The molecule has 0 saturated heterocycles. The van der Waals surface area contributed by atoms with Crippen LogP contribution in [-0.2, 0) is 7.05 Å². The molecule has 0 bridgehead atoms. The van der Waals surface area contributed by atoms with E-state index < -0.39 is 0 Å². The molecule has 0 N–H and O–H groups in total. The van der Waals surface area contributed by atoms with Gasteiger partial charge in [0, 0.05) is 17.1 Å². The van der Waals surface area contributed by atoms with E-state index in [0.717, 1.165) is 33.3 Å². The summed E-state index contributed by atoms with van der Waals surface area (Å²) in [5.74, 6) is 0.540. The van der Waals surface area contributed by atoms with Gasteiger partial charge in [0.1, 0.15) is 5.75 Å². The molecule has 6 heteroatoms. The smallest absolute Gasteiger partial charge is 0.279 e. The van der Waals surface area contributed by atoms with Crippen LogP contribution in [-0.4, -0.2) is 17.1 Å². The number of aryl methyl sites for hydroxylation is 1. The van der Waals surface area contributed by atoms with Crippen LogP contribution in [0.15, 0.2) is 51.9 Å². The summed E-state index contributed by atoms with van der Waals surface area (Å²) in [6.07, 6.45) is 3.38. The third-order valence-electron chi connectivity index (χ3n) is 4.09. The SMILES string of the molecule is CCCCCOc1ccc(C(=O)N=c2sc3cc(Br)ccc3n2C)cc1. The van der Waals surface area contributed by atoms with Crippen molar-refractivity contribution in [1.82, 2.24) is 4.57 Å². The third kappa shape index (κ3) is 4.43. The monoisotopic (exact) mass is 432 g/mol. The number of benzene rings is 2. The Balaban J connectivity index is 1.77. The highest BCUT2D eigenvalue weighted by Gasteiger charge is 2.08. The maximum atomic E-state index is 12.5. The normalized spacial score (nSPS) is 11.9. The molecule has 0 fully saturated rings. The number of hydrogen-bond donors (Lipinski definition) is 0. The number of halogens is 1. The fraction of sp³-hybridized carbons (Fsp3) is 0.300. The molecule has 136 valence electrons. The molecular weight excluding hydrogens is 412 g/mol. The van der Waals surface area contributed by atoms with E-state index in [2.05, 4.69) is 27.8 Å². The number of rotatable bonds is 6. The van der Waals surface area contributed by atoms with Gasteiger partial charge in [0.05, 0.1) is 16.8 Å². The molecule has 0 radical (unpaired) electrons. The van der Waals surface area contributed by atoms with Gasteiger partial charge in [0.25, 0.3) is 5.91 Å². The van der Waals surface area contributed by atoms with Crippen molar-refractivity contribution in [2.45, 2.75) is 26.2 Å². The van der Waals surface area contributed by atoms with Crippen molar-refractivity contribution in [1.29, 1.82) is 0 Å². The molecule has 3 rings (SSSR count). The molecule has 0 saturated carbocycles. The second kappa shape index (κ2) is 8.64. The van der Waals surface area contributed by atoms with Crippen molar-refractivity contribution >= 4 is 43.4 Å². The number of hydrogen-bond acceptors (Lipinski definition) is 3. The van der Waals surface area contributed by atoms with E-state index in [4.69, 9.17) is 4.74 Å². The number of unbranched alkanes of at least 4 members (excludes halogenated alkanes) is 2. The van der Waals surface area contributed by atoms with Crippen LogP contribution in [0.2, 0.25) is 0 Å². The maximum absolute atomic E-state index is 12.5. The van der Waals surface area contributed by atoms with Crippen molar-refractivity contribution in [3.8, 4) is 5.75 Å². The standard InChI is InChI=1S/C20H21BrN2O2S/c1-3-4-5-12-25-16-9-6-14(7-10-16)19(24)22-20-23(2)17-11-8-15(21)13-18(17)26-20/h6-11,13H,3-5,12H2,1-2H3. The molecule has 0 unspecified atom stereocenters. The van der Waals surface area contributed by atoms with Crippen LogP contribution in [0.4, 0.5) is 0 Å². The van der Waals surface area contributed by atoms with E-state index >= 15 is 0 Å². The Morgan fingerprint density at radius 3 is 2.69 bits per heavy atom. The Morgan fingerprint density at radius 1 is 1.19 bits per heavy atom. The van der Waals surface area contributed by atoms with Gasteiger partial charge in [0.15, 0.2) is 4.80 Å². The van der Waals surface area contributed by atoms with E-state index in [0.29, 0.717) is 17.0 Å². The average Bonchev–Trinajstić information content (AvgIpc) is 2.94. The number of nitrogens with zero attached hydrogens (tertiary/aromatic N) is 2. The number of thiazole rings is 1.